The Morgan fingerprint density at radius 2 is 2.31 bits per heavy atom. The van der Waals surface area contributed by atoms with E-state index in [2.05, 4.69) is 72.3 Å². The summed E-state index contributed by atoms with van der Waals surface area (Å²) in [6.07, 6.45) is 2.92. The Morgan fingerprint density at radius 1 is 1.54 bits per heavy atom. The van der Waals surface area contributed by atoms with Gasteiger partial charge in [0.25, 0.3) is 0 Å². The lowest BCUT2D eigenvalue weighted by atomic mass is 10.3. The van der Waals surface area contributed by atoms with Crippen molar-refractivity contribution in [2.24, 2.45) is 0 Å². The minimum Gasteiger partial charge on any atom is -0.284 e. The zero-order valence-corrected chi connectivity index (χ0v) is 11.4. The summed E-state index contributed by atoms with van der Waals surface area (Å²) in [6, 6.07) is 4.29. The molecule has 0 N–H and O–H groups in total. The van der Waals surface area contributed by atoms with Crippen LogP contribution < -0.4 is 0 Å². The Balaban J connectivity index is 2.85. The van der Waals surface area contributed by atoms with Crippen molar-refractivity contribution in [3.63, 3.8) is 0 Å². The maximum absolute atomic E-state index is 4.28. The van der Waals surface area contributed by atoms with Crippen molar-refractivity contribution < 1.29 is 0 Å². The molecule has 0 aromatic carbocycles. The molecular weight excluding hydrogens is 390 g/mol. The van der Waals surface area contributed by atoms with Gasteiger partial charge in [0.15, 0.2) is 0 Å². The van der Waals surface area contributed by atoms with E-state index in [1.54, 1.807) is 0 Å². The normalized spacial score (nSPS) is 11.0. The third kappa shape index (κ3) is 1.58. The molecule has 2 aromatic heterocycles. The zero-order valence-electron chi connectivity index (χ0n) is 7.09. The second-order valence-corrected chi connectivity index (χ2v) is 4.80. The van der Waals surface area contributed by atoms with Gasteiger partial charge in [-0.25, -0.2) is 4.98 Å². The van der Waals surface area contributed by atoms with Gasteiger partial charge in [-0.2, -0.15) is 0 Å². The van der Waals surface area contributed by atoms with Gasteiger partial charge >= 0.3 is 0 Å². The standard InChI is InChI=1S/C9H8I2N2/c1-2-7-5-6-3-4-12-9(10)8(6)13(7)11/h3-5H,2H2,1H3. The Bertz CT molecular complexity index is 448. The molecule has 0 saturated carbocycles. The largest absolute Gasteiger partial charge is 0.284 e. The van der Waals surface area contributed by atoms with E-state index in [1.165, 1.54) is 16.6 Å². The maximum atomic E-state index is 4.28. The number of fused-ring (bicyclic) bond motifs is 1. The number of nitrogens with zero attached hydrogens (tertiary/aromatic N) is 2. The first-order valence-corrected chi connectivity index (χ1v) is 6.09. The quantitative estimate of drug-likeness (QED) is 0.532. The lowest BCUT2D eigenvalue weighted by Gasteiger charge is -1.98. The highest BCUT2D eigenvalue weighted by Gasteiger charge is 2.08. The summed E-state index contributed by atoms with van der Waals surface area (Å²) in [4.78, 5) is 4.28. The van der Waals surface area contributed by atoms with Gasteiger partial charge in [-0.1, -0.05) is 6.92 Å². The van der Waals surface area contributed by atoms with Crippen molar-refractivity contribution in [3.05, 3.63) is 27.7 Å². The van der Waals surface area contributed by atoms with Crippen LogP contribution in [0.5, 0.6) is 0 Å². The average molecular weight is 398 g/mol. The molecule has 0 saturated heterocycles. The Morgan fingerprint density at radius 3 is 2.92 bits per heavy atom. The van der Waals surface area contributed by atoms with Gasteiger partial charge in [0, 0.05) is 17.3 Å². The third-order valence-corrected chi connectivity index (χ3v) is 3.94. The van der Waals surface area contributed by atoms with Gasteiger partial charge in [-0.05, 0) is 41.1 Å². The zero-order chi connectivity index (χ0) is 9.42. The van der Waals surface area contributed by atoms with E-state index in [-0.39, 0.29) is 0 Å². The van der Waals surface area contributed by atoms with Crippen LogP contribution in [0.1, 0.15) is 12.6 Å². The summed E-state index contributed by atoms with van der Waals surface area (Å²) in [5, 5.41) is 1.28. The van der Waals surface area contributed by atoms with E-state index in [4.69, 9.17) is 0 Å². The molecule has 0 fully saturated rings. The van der Waals surface area contributed by atoms with Crippen LogP contribution in [0.25, 0.3) is 10.9 Å². The molecule has 0 spiro atoms. The molecule has 13 heavy (non-hydrogen) atoms. The molecule has 0 aliphatic carbocycles. The van der Waals surface area contributed by atoms with Crippen molar-refractivity contribution >= 4 is 56.4 Å². The lowest BCUT2D eigenvalue weighted by Crippen LogP contribution is -1.89. The second-order valence-electron chi connectivity index (χ2n) is 2.81. The first kappa shape index (κ1) is 9.70. The van der Waals surface area contributed by atoms with Gasteiger partial charge < -0.3 is 0 Å². The van der Waals surface area contributed by atoms with Crippen molar-refractivity contribution in [1.29, 1.82) is 0 Å². The molecule has 0 bridgehead atoms. The molecular formula is C9H8I2N2. The van der Waals surface area contributed by atoms with Crippen molar-refractivity contribution in [1.82, 2.24) is 7.76 Å². The van der Waals surface area contributed by atoms with Crippen molar-refractivity contribution in [3.8, 4) is 0 Å². The smallest absolute Gasteiger partial charge is 0.126 e. The van der Waals surface area contributed by atoms with E-state index in [0.29, 0.717) is 0 Å². The van der Waals surface area contributed by atoms with Crippen LogP contribution in [0.4, 0.5) is 0 Å². The summed E-state index contributed by atoms with van der Waals surface area (Å²) < 4.78 is 3.27. The van der Waals surface area contributed by atoms with Crippen LogP contribution >= 0.6 is 45.5 Å². The van der Waals surface area contributed by atoms with Gasteiger partial charge in [0.05, 0.1) is 28.4 Å². The minimum absolute atomic E-state index is 1.06. The van der Waals surface area contributed by atoms with Crippen LogP contribution in [0, 0.1) is 3.70 Å². The lowest BCUT2D eigenvalue weighted by molar-refractivity contribution is 1.06. The predicted octanol–water partition coefficient (Wildman–Crippen LogP) is 3.40. The minimum atomic E-state index is 1.06. The van der Waals surface area contributed by atoms with Crippen molar-refractivity contribution in [2.75, 3.05) is 0 Å². The third-order valence-electron chi connectivity index (χ3n) is 2.04. The number of halogens is 2. The summed E-state index contributed by atoms with van der Waals surface area (Å²) in [6.45, 7) is 2.17. The molecule has 2 aromatic rings. The van der Waals surface area contributed by atoms with Gasteiger partial charge in [0.1, 0.15) is 3.70 Å². The fourth-order valence-electron chi connectivity index (χ4n) is 1.37. The molecule has 0 aliphatic rings. The average Bonchev–Trinajstić information content (AvgIpc) is 2.44. The van der Waals surface area contributed by atoms with Gasteiger partial charge in [0.2, 0.25) is 0 Å². The molecule has 0 amide bonds. The fraction of sp³-hybridized carbons (Fsp3) is 0.222. The number of hydrogen-bond acceptors (Lipinski definition) is 1. The molecule has 0 unspecified atom stereocenters. The van der Waals surface area contributed by atoms with Gasteiger partial charge in [-0.3, -0.25) is 2.78 Å². The highest BCUT2D eigenvalue weighted by molar-refractivity contribution is 14.1. The number of pyridine rings is 1. The number of aromatic nitrogens is 2. The summed E-state index contributed by atoms with van der Waals surface area (Å²) >= 11 is 4.61. The summed E-state index contributed by atoms with van der Waals surface area (Å²) in [5.41, 5.74) is 2.59. The first-order chi connectivity index (χ1) is 6.24. The highest BCUT2D eigenvalue weighted by Crippen LogP contribution is 2.25. The maximum Gasteiger partial charge on any atom is 0.126 e. The molecule has 2 rings (SSSR count). The fourth-order valence-corrected chi connectivity index (χ4v) is 3.54. The van der Waals surface area contributed by atoms with E-state index in [9.17, 15) is 0 Å². The van der Waals surface area contributed by atoms with E-state index in [0.717, 1.165) is 10.1 Å². The molecule has 0 aliphatic heterocycles. The van der Waals surface area contributed by atoms with Crippen LogP contribution in [-0.2, 0) is 6.42 Å². The summed E-state index contributed by atoms with van der Waals surface area (Å²) in [5.74, 6) is 0. The molecule has 2 heterocycles. The number of aryl methyl sites for hydroxylation is 1. The van der Waals surface area contributed by atoms with Crippen LogP contribution in [-0.4, -0.2) is 7.76 Å². The van der Waals surface area contributed by atoms with Gasteiger partial charge in [-0.15, -0.1) is 0 Å². The van der Waals surface area contributed by atoms with Crippen LogP contribution in [0.2, 0.25) is 0 Å². The summed E-state index contributed by atoms with van der Waals surface area (Å²) in [7, 11) is 0. The first-order valence-electron chi connectivity index (χ1n) is 4.05. The Kier molecular flexibility index (Phi) is 2.77. The molecule has 4 heteroatoms. The van der Waals surface area contributed by atoms with E-state index >= 15 is 0 Å². The molecule has 0 atom stereocenters. The van der Waals surface area contributed by atoms with Crippen LogP contribution in [0.15, 0.2) is 18.3 Å². The highest BCUT2D eigenvalue weighted by atomic mass is 127. The van der Waals surface area contributed by atoms with E-state index < -0.39 is 0 Å². The van der Waals surface area contributed by atoms with Crippen LogP contribution in [0.3, 0.4) is 0 Å². The Labute approximate surface area is 104 Å². The van der Waals surface area contributed by atoms with E-state index in [1.807, 2.05) is 6.20 Å². The Hall–Kier alpha value is 0.150. The monoisotopic (exact) mass is 398 g/mol. The molecule has 0 radical (unpaired) electrons. The SMILES string of the molecule is CCc1cc2ccnc(I)c2n1I. The van der Waals surface area contributed by atoms with Crippen molar-refractivity contribution in [2.45, 2.75) is 13.3 Å². The number of hydrogen-bond donors (Lipinski definition) is 0. The number of rotatable bonds is 1. The topological polar surface area (TPSA) is 17.8 Å². The predicted molar refractivity (Wildman–Crippen MR) is 71.2 cm³/mol. The molecule has 2 nitrogen and oxygen atoms in total. The molecule has 68 valence electrons. The second kappa shape index (κ2) is 3.72.